The highest BCUT2D eigenvalue weighted by Gasteiger charge is 2.18. The Morgan fingerprint density at radius 1 is 1.40 bits per heavy atom. The van der Waals surface area contributed by atoms with Crippen LogP contribution in [0.1, 0.15) is 13.3 Å². The van der Waals surface area contributed by atoms with E-state index >= 15 is 0 Å². The molecule has 110 valence electrons. The van der Waals surface area contributed by atoms with Crippen LogP contribution < -0.4 is 10.1 Å². The number of carbonyl (C=O) groups excluding carboxylic acids is 1. The number of para-hydroxylation sites is 2. The number of anilines is 1. The Morgan fingerprint density at radius 3 is 2.65 bits per heavy atom. The molecule has 2 atom stereocenters. The van der Waals surface area contributed by atoms with Gasteiger partial charge in [-0.1, -0.05) is 19.1 Å². The second-order valence-electron chi connectivity index (χ2n) is 4.18. The molecule has 2 unspecified atom stereocenters. The molecule has 0 aliphatic carbocycles. The molecule has 0 aliphatic rings. The van der Waals surface area contributed by atoms with Crippen molar-refractivity contribution in [1.29, 1.82) is 0 Å². The van der Waals surface area contributed by atoms with Crippen molar-refractivity contribution in [3.63, 3.8) is 0 Å². The van der Waals surface area contributed by atoms with Gasteiger partial charge in [0.15, 0.2) is 0 Å². The summed E-state index contributed by atoms with van der Waals surface area (Å²) < 4.78 is 16.9. The molecule has 1 aromatic carbocycles. The lowest BCUT2D eigenvalue weighted by atomic mass is 10.3. The van der Waals surface area contributed by atoms with Gasteiger partial charge in [-0.15, -0.1) is 0 Å². The third-order valence-electron chi connectivity index (χ3n) is 2.57. The van der Waals surface area contributed by atoms with Crippen LogP contribution in [0.4, 0.5) is 5.69 Å². The maximum absolute atomic E-state index is 11.8. The van der Waals surface area contributed by atoms with Gasteiger partial charge in [-0.2, -0.15) is 0 Å². The predicted octanol–water partition coefficient (Wildman–Crippen LogP) is 1.25. The summed E-state index contributed by atoms with van der Waals surface area (Å²) in [5, 5.41) is 10.6. The summed E-state index contributed by atoms with van der Waals surface area (Å²) in [6, 6.07) is 6.86. The standard InChI is InChI=1S/C13H17NO5S/c1-9(7-13(16)17)20(18)8-12(15)14-10-5-3-4-6-11(10)19-2/h3-6,9H,7-8H2,1-2H3,(H,14,15)(H,16,17). The van der Waals surface area contributed by atoms with E-state index in [0.29, 0.717) is 11.4 Å². The average Bonchev–Trinajstić information content (AvgIpc) is 2.38. The molecule has 0 heterocycles. The third kappa shape index (κ3) is 5.00. The highest BCUT2D eigenvalue weighted by atomic mass is 32.2. The fourth-order valence-electron chi connectivity index (χ4n) is 1.54. The van der Waals surface area contributed by atoms with Crippen molar-refractivity contribution >= 4 is 28.4 Å². The minimum Gasteiger partial charge on any atom is -0.495 e. The number of amides is 1. The van der Waals surface area contributed by atoms with Crippen LogP contribution in [0.2, 0.25) is 0 Å². The first-order valence-corrected chi connectivity index (χ1v) is 7.34. The molecule has 7 heteroatoms. The van der Waals surface area contributed by atoms with Gasteiger partial charge in [-0.25, -0.2) is 0 Å². The van der Waals surface area contributed by atoms with Gasteiger partial charge in [-0.05, 0) is 12.1 Å². The van der Waals surface area contributed by atoms with E-state index in [4.69, 9.17) is 9.84 Å². The number of carbonyl (C=O) groups is 2. The summed E-state index contributed by atoms with van der Waals surface area (Å²) in [6.45, 7) is 1.54. The molecule has 0 saturated carbocycles. The number of carboxylic acid groups (broad SMARTS) is 1. The van der Waals surface area contributed by atoms with Crippen molar-refractivity contribution in [2.24, 2.45) is 0 Å². The Morgan fingerprint density at radius 2 is 2.05 bits per heavy atom. The van der Waals surface area contributed by atoms with Gasteiger partial charge in [0.1, 0.15) is 11.5 Å². The van der Waals surface area contributed by atoms with E-state index in [2.05, 4.69) is 5.32 Å². The molecule has 0 bridgehead atoms. The van der Waals surface area contributed by atoms with E-state index < -0.39 is 27.9 Å². The molecule has 1 aromatic rings. The molecule has 20 heavy (non-hydrogen) atoms. The number of rotatable bonds is 7. The summed E-state index contributed by atoms with van der Waals surface area (Å²) in [6.07, 6.45) is -0.228. The van der Waals surface area contributed by atoms with Crippen LogP contribution in [0.3, 0.4) is 0 Å². The molecule has 0 saturated heterocycles. The molecule has 0 fully saturated rings. The highest BCUT2D eigenvalue weighted by Crippen LogP contribution is 2.22. The van der Waals surface area contributed by atoms with E-state index in [-0.39, 0.29) is 12.2 Å². The van der Waals surface area contributed by atoms with Crippen molar-refractivity contribution in [2.75, 3.05) is 18.2 Å². The molecule has 0 aliphatic heterocycles. The van der Waals surface area contributed by atoms with Gasteiger partial charge < -0.3 is 15.2 Å². The van der Waals surface area contributed by atoms with Gasteiger partial charge in [-0.3, -0.25) is 13.8 Å². The van der Waals surface area contributed by atoms with E-state index in [0.717, 1.165) is 0 Å². The van der Waals surface area contributed by atoms with Gasteiger partial charge >= 0.3 is 5.97 Å². The van der Waals surface area contributed by atoms with Crippen molar-refractivity contribution in [3.8, 4) is 5.75 Å². The maximum atomic E-state index is 11.8. The first-order valence-electron chi connectivity index (χ1n) is 5.96. The summed E-state index contributed by atoms with van der Waals surface area (Å²) in [5.74, 6) is -1.21. The van der Waals surface area contributed by atoms with E-state index in [1.807, 2.05) is 0 Å². The van der Waals surface area contributed by atoms with Crippen LogP contribution in [0.15, 0.2) is 24.3 Å². The number of nitrogens with one attached hydrogen (secondary N) is 1. The van der Waals surface area contributed by atoms with Crippen LogP contribution in [0.25, 0.3) is 0 Å². The largest absolute Gasteiger partial charge is 0.495 e. The number of ether oxygens (including phenoxy) is 1. The number of carboxylic acids is 1. The van der Waals surface area contributed by atoms with Crippen molar-refractivity contribution in [1.82, 2.24) is 0 Å². The van der Waals surface area contributed by atoms with E-state index in [1.165, 1.54) is 7.11 Å². The van der Waals surface area contributed by atoms with Crippen molar-refractivity contribution in [2.45, 2.75) is 18.6 Å². The number of aliphatic carboxylic acids is 1. The first kappa shape index (κ1) is 16.2. The Balaban J connectivity index is 2.59. The van der Waals surface area contributed by atoms with Crippen LogP contribution in [-0.4, -0.2) is 39.3 Å². The molecule has 6 nitrogen and oxygen atoms in total. The zero-order valence-corrected chi connectivity index (χ0v) is 12.1. The van der Waals surface area contributed by atoms with Crippen LogP contribution in [0.5, 0.6) is 5.75 Å². The zero-order chi connectivity index (χ0) is 15.1. The predicted molar refractivity (Wildman–Crippen MR) is 76.3 cm³/mol. The van der Waals surface area contributed by atoms with Crippen molar-refractivity contribution in [3.05, 3.63) is 24.3 Å². The summed E-state index contributed by atoms with van der Waals surface area (Å²) >= 11 is 0. The molecule has 0 aromatic heterocycles. The van der Waals surface area contributed by atoms with Crippen LogP contribution in [0, 0.1) is 0 Å². The van der Waals surface area contributed by atoms with Crippen LogP contribution >= 0.6 is 0 Å². The Bertz CT molecular complexity index is 517. The molecular weight excluding hydrogens is 282 g/mol. The fourth-order valence-corrected chi connectivity index (χ4v) is 2.49. The molecule has 0 radical (unpaired) electrons. The first-order chi connectivity index (χ1) is 9.43. The van der Waals surface area contributed by atoms with Gasteiger partial charge in [0.2, 0.25) is 5.91 Å². The number of hydrogen-bond donors (Lipinski definition) is 2. The molecule has 1 amide bonds. The smallest absolute Gasteiger partial charge is 0.304 e. The highest BCUT2D eigenvalue weighted by molar-refractivity contribution is 7.86. The SMILES string of the molecule is COc1ccccc1NC(=O)CS(=O)C(C)CC(=O)O. The number of hydrogen-bond acceptors (Lipinski definition) is 4. The monoisotopic (exact) mass is 299 g/mol. The average molecular weight is 299 g/mol. The lowest BCUT2D eigenvalue weighted by Gasteiger charge is -2.11. The molecule has 2 N–H and O–H groups in total. The van der Waals surface area contributed by atoms with Gasteiger partial charge in [0.05, 0.1) is 19.2 Å². The Labute approximate surface area is 119 Å². The topological polar surface area (TPSA) is 92.7 Å². The summed E-state index contributed by atoms with van der Waals surface area (Å²) in [5.41, 5.74) is 0.489. The van der Waals surface area contributed by atoms with Crippen LogP contribution in [-0.2, 0) is 20.4 Å². The Hall–Kier alpha value is -1.89. The summed E-state index contributed by atoms with van der Waals surface area (Å²) in [4.78, 5) is 22.3. The fraction of sp³-hybridized carbons (Fsp3) is 0.385. The quantitative estimate of drug-likeness (QED) is 0.790. The summed E-state index contributed by atoms with van der Waals surface area (Å²) in [7, 11) is -0.0471. The molecule has 0 spiro atoms. The number of benzene rings is 1. The second-order valence-corrected chi connectivity index (χ2v) is 6.04. The minimum atomic E-state index is -1.53. The van der Waals surface area contributed by atoms with E-state index in [1.54, 1.807) is 31.2 Å². The maximum Gasteiger partial charge on any atom is 0.304 e. The lowest BCUT2D eigenvalue weighted by Crippen LogP contribution is -2.26. The minimum absolute atomic E-state index is 0.228. The van der Waals surface area contributed by atoms with Gasteiger partial charge in [0.25, 0.3) is 0 Å². The van der Waals surface area contributed by atoms with Crippen molar-refractivity contribution < 1.29 is 23.6 Å². The molecular formula is C13H17NO5S. The lowest BCUT2D eigenvalue weighted by molar-refractivity contribution is -0.136. The second kappa shape index (κ2) is 7.64. The zero-order valence-electron chi connectivity index (χ0n) is 11.3. The van der Waals surface area contributed by atoms with Gasteiger partial charge in [0, 0.05) is 16.0 Å². The third-order valence-corrected chi connectivity index (χ3v) is 4.18. The molecule has 1 rings (SSSR count). The Kier molecular flexibility index (Phi) is 6.17. The normalized spacial score (nSPS) is 13.3. The number of methoxy groups -OCH3 is 1. The van der Waals surface area contributed by atoms with E-state index in [9.17, 15) is 13.8 Å².